The van der Waals surface area contributed by atoms with Crippen molar-refractivity contribution in [2.75, 3.05) is 0 Å². The van der Waals surface area contributed by atoms with Crippen molar-refractivity contribution in [3.8, 4) is 5.69 Å². The van der Waals surface area contributed by atoms with Gasteiger partial charge in [-0.15, -0.1) is 5.10 Å². The van der Waals surface area contributed by atoms with Crippen LogP contribution in [-0.4, -0.2) is 15.0 Å². The van der Waals surface area contributed by atoms with E-state index >= 15 is 0 Å². The molecule has 0 aliphatic heterocycles. The zero-order valence-electron chi connectivity index (χ0n) is 9.39. The number of rotatable bonds is 3. The Morgan fingerprint density at radius 2 is 2.00 bits per heavy atom. The normalized spacial score (nSPS) is 12.7. The molecular formula is C12H14BrN3. The van der Waals surface area contributed by atoms with Crippen molar-refractivity contribution in [1.82, 2.24) is 15.0 Å². The van der Waals surface area contributed by atoms with Crippen molar-refractivity contribution >= 4 is 15.9 Å². The van der Waals surface area contributed by atoms with Crippen molar-refractivity contribution in [3.63, 3.8) is 0 Å². The predicted octanol–water partition coefficient (Wildman–Crippen LogP) is 3.29. The van der Waals surface area contributed by atoms with Crippen LogP contribution in [0.1, 0.15) is 29.9 Å². The lowest BCUT2D eigenvalue weighted by Crippen LogP contribution is -1.94. The molecule has 0 N–H and O–H groups in total. The van der Waals surface area contributed by atoms with Gasteiger partial charge in [-0.05, 0) is 31.0 Å². The van der Waals surface area contributed by atoms with E-state index in [-0.39, 0.29) is 4.83 Å². The van der Waals surface area contributed by atoms with E-state index in [1.807, 2.05) is 13.1 Å². The summed E-state index contributed by atoms with van der Waals surface area (Å²) in [4.78, 5) is 0.233. The molecule has 2 rings (SSSR count). The largest absolute Gasteiger partial charge is 0.220 e. The fourth-order valence-electron chi connectivity index (χ4n) is 1.47. The first-order valence-electron chi connectivity index (χ1n) is 5.36. The van der Waals surface area contributed by atoms with Crippen LogP contribution in [-0.2, 0) is 6.42 Å². The summed E-state index contributed by atoms with van der Waals surface area (Å²) >= 11 is 3.48. The van der Waals surface area contributed by atoms with Crippen molar-refractivity contribution in [2.45, 2.75) is 25.1 Å². The Hall–Kier alpha value is -1.16. The first-order valence-corrected chi connectivity index (χ1v) is 6.28. The van der Waals surface area contributed by atoms with Crippen molar-refractivity contribution in [3.05, 3.63) is 41.7 Å². The van der Waals surface area contributed by atoms with Gasteiger partial charge < -0.3 is 0 Å². The summed E-state index contributed by atoms with van der Waals surface area (Å²) in [5, 5.41) is 8.20. The molecule has 1 aromatic carbocycles. The van der Waals surface area contributed by atoms with Gasteiger partial charge in [-0.1, -0.05) is 40.2 Å². The van der Waals surface area contributed by atoms with E-state index in [1.165, 1.54) is 5.56 Å². The second kappa shape index (κ2) is 4.78. The molecule has 1 heterocycles. The highest BCUT2D eigenvalue weighted by Gasteiger charge is 2.06. The average Bonchev–Trinajstić information content (AvgIpc) is 2.78. The average molecular weight is 280 g/mol. The fourth-order valence-corrected chi connectivity index (χ4v) is 1.68. The van der Waals surface area contributed by atoms with E-state index in [1.54, 1.807) is 4.68 Å². The van der Waals surface area contributed by atoms with Gasteiger partial charge in [0.2, 0.25) is 0 Å². The lowest BCUT2D eigenvalue weighted by Gasteiger charge is -2.01. The lowest BCUT2D eigenvalue weighted by molar-refractivity contribution is 0.797. The summed E-state index contributed by atoms with van der Waals surface area (Å²) in [6, 6.07) is 8.37. The molecule has 3 nitrogen and oxygen atoms in total. The molecule has 0 radical (unpaired) electrons. The van der Waals surface area contributed by atoms with E-state index in [9.17, 15) is 0 Å². The minimum absolute atomic E-state index is 0.233. The maximum Gasteiger partial charge on any atom is 0.0965 e. The SMILES string of the molecule is CCc1ccc(-n2cc(C(C)Br)nn2)cc1. The third kappa shape index (κ3) is 2.32. The number of hydrogen-bond donors (Lipinski definition) is 0. The summed E-state index contributed by atoms with van der Waals surface area (Å²) in [5.41, 5.74) is 3.32. The summed E-state index contributed by atoms with van der Waals surface area (Å²) in [7, 11) is 0. The zero-order valence-corrected chi connectivity index (χ0v) is 11.0. The van der Waals surface area contributed by atoms with Crippen LogP contribution in [0.25, 0.3) is 5.69 Å². The molecule has 0 saturated heterocycles. The smallest absolute Gasteiger partial charge is 0.0965 e. The van der Waals surface area contributed by atoms with Gasteiger partial charge in [-0.2, -0.15) is 0 Å². The molecule has 2 aromatic rings. The second-order valence-electron chi connectivity index (χ2n) is 3.72. The maximum atomic E-state index is 4.10. The third-order valence-corrected chi connectivity index (χ3v) is 3.00. The van der Waals surface area contributed by atoms with E-state index in [2.05, 4.69) is 57.4 Å². The Morgan fingerprint density at radius 1 is 1.31 bits per heavy atom. The van der Waals surface area contributed by atoms with Crippen LogP contribution in [0.4, 0.5) is 0 Å². The zero-order chi connectivity index (χ0) is 11.5. The number of halogens is 1. The third-order valence-electron chi connectivity index (χ3n) is 2.53. The number of aromatic nitrogens is 3. The molecule has 0 bridgehead atoms. The Kier molecular flexibility index (Phi) is 3.39. The molecule has 0 spiro atoms. The molecule has 16 heavy (non-hydrogen) atoms. The Morgan fingerprint density at radius 3 is 2.50 bits per heavy atom. The molecule has 84 valence electrons. The predicted molar refractivity (Wildman–Crippen MR) is 68.1 cm³/mol. The number of hydrogen-bond acceptors (Lipinski definition) is 2. The minimum Gasteiger partial charge on any atom is -0.220 e. The van der Waals surface area contributed by atoms with E-state index < -0.39 is 0 Å². The van der Waals surface area contributed by atoms with Gasteiger partial charge in [0.05, 0.1) is 22.4 Å². The molecular weight excluding hydrogens is 266 g/mol. The molecule has 0 aliphatic carbocycles. The number of benzene rings is 1. The van der Waals surface area contributed by atoms with E-state index in [0.29, 0.717) is 0 Å². The number of aryl methyl sites for hydroxylation is 1. The van der Waals surface area contributed by atoms with Gasteiger partial charge in [0.15, 0.2) is 0 Å². The first-order chi connectivity index (χ1) is 7.70. The molecule has 0 amide bonds. The van der Waals surface area contributed by atoms with Crippen molar-refractivity contribution in [2.24, 2.45) is 0 Å². The quantitative estimate of drug-likeness (QED) is 0.808. The van der Waals surface area contributed by atoms with Crippen LogP contribution >= 0.6 is 15.9 Å². The monoisotopic (exact) mass is 279 g/mol. The topological polar surface area (TPSA) is 30.7 Å². The fraction of sp³-hybridized carbons (Fsp3) is 0.333. The Labute approximate surface area is 104 Å². The van der Waals surface area contributed by atoms with Crippen molar-refractivity contribution < 1.29 is 0 Å². The highest BCUT2D eigenvalue weighted by Crippen LogP contribution is 2.19. The van der Waals surface area contributed by atoms with Gasteiger partial charge in [-0.3, -0.25) is 0 Å². The molecule has 1 atom stereocenters. The van der Waals surface area contributed by atoms with E-state index in [4.69, 9.17) is 0 Å². The van der Waals surface area contributed by atoms with Crippen LogP contribution in [0.2, 0.25) is 0 Å². The van der Waals surface area contributed by atoms with Gasteiger partial charge >= 0.3 is 0 Å². The molecule has 1 unspecified atom stereocenters. The van der Waals surface area contributed by atoms with Crippen LogP contribution in [0, 0.1) is 0 Å². The Balaban J connectivity index is 2.28. The highest BCUT2D eigenvalue weighted by atomic mass is 79.9. The summed E-state index contributed by atoms with van der Waals surface area (Å²) < 4.78 is 1.80. The van der Waals surface area contributed by atoms with Gasteiger partial charge in [0.25, 0.3) is 0 Å². The highest BCUT2D eigenvalue weighted by molar-refractivity contribution is 9.09. The van der Waals surface area contributed by atoms with E-state index in [0.717, 1.165) is 17.8 Å². The molecule has 0 aliphatic rings. The minimum atomic E-state index is 0.233. The lowest BCUT2D eigenvalue weighted by atomic mass is 10.1. The summed E-state index contributed by atoms with van der Waals surface area (Å²) in [5.74, 6) is 0. The number of nitrogens with zero attached hydrogens (tertiary/aromatic N) is 3. The molecule has 0 fully saturated rings. The van der Waals surface area contributed by atoms with Crippen LogP contribution < -0.4 is 0 Å². The Bertz CT molecular complexity index is 459. The van der Waals surface area contributed by atoms with Crippen LogP contribution in [0.15, 0.2) is 30.5 Å². The molecule has 1 aromatic heterocycles. The van der Waals surface area contributed by atoms with Crippen molar-refractivity contribution in [1.29, 1.82) is 0 Å². The van der Waals surface area contributed by atoms with Crippen LogP contribution in [0.5, 0.6) is 0 Å². The summed E-state index contributed by atoms with van der Waals surface area (Å²) in [6.07, 6.45) is 3.00. The summed E-state index contributed by atoms with van der Waals surface area (Å²) in [6.45, 7) is 4.18. The van der Waals surface area contributed by atoms with Gasteiger partial charge in [-0.25, -0.2) is 4.68 Å². The van der Waals surface area contributed by atoms with Gasteiger partial charge in [0, 0.05) is 0 Å². The van der Waals surface area contributed by atoms with Crippen LogP contribution in [0.3, 0.4) is 0 Å². The van der Waals surface area contributed by atoms with Gasteiger partial charge in [0.1, 0.15) is 0 Å². The number of alkyl halides is 1. The molecule has 4 heteroatoms. The molecule has 0 saturated carbocycles. The maximum absolute atomic E-state index is 4.10. The standard InChI is InChI=1S/C12H14BrN3/c1-3-10-4-6-11(7-5-10)16-8-12(9(2)13)14-15-16/h4-9H,3H2,1-2H3. The first kappa shape index (κ1) is 11.3. The second-order valence-corrected chi connectivity index (χ2v) is 5.10.